The molecule has 1 aliphatic carbocycles. The molecule has 1 fully saturated rings. The average Bonchev–Trinajstić information content (AvgIpc) is 2.35. The minimum Gasteiger partial charge on any atom is -0.480 e. The average molecular weight is 242 g/mol. The highest BCUT2D eigenvalue weighted by Gasteiger charge is 2.31. The summed E-state index contributed by atoms with van der Waals surface area (Å²) in [5, 5.41) is 11.7. The zero-order valence-electron chi connectivity index (χ0n) is 10.3. The normalized spacial score (nSPS) is 20.6. The first-order valence-corrected chi connectivity index (χ1v) is 6.35. The lowest BCUT2D eigenvalue weighted by Crippen LogP contribution is -2.51. The quantitative estimate of drug-likeness (QED) is 0.667. The van der Waals surface area contributed by atoms with Gasteiger partial charge in [0.15, 0.2) is 0 Å². The van der Waals surface area contributed by atoms with Gasteiger partial charge in [0, 0.05) is 0 Å². The van der Waals surface area contributed by atoms with Crippen LogP contribution in [-0.2, 0) is 9.59 Å². The van der Waals surface area contributed by atoms with Gasteiger partial charge in [0.05, 0.1) is 6.04 Å². The summed E-state index contributed by atoms with van der Waals surface area (Å²) in [6.07, 6.45) is 5.51. The van der Waals surface area contributed by atoms with E-state index in [2.05, 4.69) is 5.32 Å². The molecule has 0 bridgehead atoms. The van der Waals surface area contributed by atoms with E-state index >= 15 is 0 Å². The molecule has 98 valence electrons. The van der Waals surface area contributed by atoms with E-state index in [9.17, 15) is 14.7 Å². The Morgan fingerprint density at radius 3 is 2.41 bits per heavy atom. The fraction of sp³-hybridized carbons (Fsp3) is 0.833. The lowest BCUT2D eigenvalue weighted by molar-refractivity contribution is -0.144. The minimum absolute atomic E-state index is 0.0502. The van der Waals surface area contributed by atoms with Crippen LogP contribution in [0.4, 0.5) is 0 Å². The van der Waals surface area contributed by atoms with Gasteiger partial charge in [0.25, 0.3) is 0 Å². The van der Waals surface area contributed by atoms with Crippen LogP contribution in [0.15, 0.2) is 0 Å². The molecule has 2 atom stereocenters. The van der Waals surface area contributed by atoms with Crippen molar-refractivity contribution in [2.75, 3.05) is 0 Å². The number of nitrogens with one attached hydrogen (secondary N) is 1. The predicted molar refractivity (Wildman–Crippen MR) is 64.4 cm³/mol. The molecule has 0 radical (unpaired) electrons. The maximum absolute atomic E-state index is 11.6. The number of carbonyl (C=O) groups excluding carboxylic acids is 1. The number of carboxylic acids is 1. The van der Waals surface area contributed by atoms with E-state index in [0.29, 0.717) is 6.42 Å². The third kappa shape index (κ3) is 4.00. The van der Waals surface area contributed by atoms with E-state index < -0.39 is 18.1 Å². The summed E-state index contributed by atoms with van der Waals surface area (Å²) >= 11 is 0. The number of rotatable bonds is 5. The van der Waals surface area contributed by atoms with Crippen LogP contribution in [0.5, 0.6) is 0 Å². The van der Waals surface area contributed by atoms with Crippen LogP contribution in [0.25, 0.3) is 0 Å². The van der Waals surface area contributed by atoms with Gasteiger partial charge in [-0.2, -0.15) is 0 Å². The smallest absolute Gasteiger partial charge is 0.326 e. The molecule has 2 unspecified atom stereocenters. The molecule has 0 aliphatic heterocycles. The first-order chi connectivity index (χ1) is 8.06. The molecule has 5 heteroatoms. The van der Waals surface area contributed by atoms with E-state index in [-0.39, 0.29) is 11.8 Å². The third-order valence-electron chi connectivity index (χ3n) is 3.46. The summed E-state index contributed by atoms with van der Waals surface area (Å²) in [6, 6.07) is -1.39. The van der Waals surface area contributed by atoms with Crippen molar-refractivity contribution in [3.8, 4) is 0 Å². The van der Waals surface area contributed by atoms with Crippen LogP contribution in [-0.4, -0.2) is 29.1 Å². The highest BCUT2D eigenvalue weighted by Crippen LogP contribution is 2.26. The molecule has 0 saturated heterocycles. The topological polar surface area (TPSA) is 92.4 Å². The van der Waals surface area contributed by atoms with Crippen molar-refractivity contribution in [2.45, 2.75) is 57.5 Å². The van der Waals surface area contributed by atoms with E-state index in [0.717, 1.165) is 32.1 Å². The van der Waals surface area contributed by atoms with Gasteiger partial charge in [-0.05, 0) is 25.2 Å². The summed E-state index contributed by atoms with van der Waals surface area (Å²) in [5.41, 5.74) is 5.59. The van der Waals surface area contributed by atoms with Crippen molar-refractivity contribution in [1.29, 1.82) is 0 Å². The fourth-order valence-corrected chi connectivity index (χ4v) is 2.29. The molecule has 17 heavy (non-hydrogen) atoms. The van der Waals surface area contributed by atoms with E-state index in [1.165, 1.54) is 0 Å². The van der Waals surface area contributed by atoms with Crippen LogP contribution in [0, 0.1) is 5.92 Å². The second-order valence-corrected chi connectivity index (χ2v) is 4.74. The molecule has 1 rings (SSSR count). The highest BCUT2D eigenvalue weighted by molar-refractivity contribution is 5.86. The van der Waals surface area contributed by atoms with Crippen molar-refractivity contribution in [2.24, 2.45) is 11.7 Å². The number of carbonyl (C=O) groups is 2. The van der Waals surface area contributed by atoms with Gasteiger partial charge < -0.3 is 16.2 Å². The minimum atomic E-state index is -0.950. The van der Waals surface area contributed by atoms with Gasteiger partial charge in [-0.25, -0.2) is 4.79 Å². The van der Waals surface area contributed by atoms with Crippen molar-refractivity contribution >= 4 is 11.9 Å². The Balaban J connectivity index is 2.59. The Hall–Kier alpha value is -1.10. The molecule has 0 heterocycles. The summed E-state index contributed by atoms with van der Waals surface area (Å²) in [6.45, 7) is 1.81. The number of amides is 1. The summed E-state index contributed by atoms with van der Waals surface area (Å²) in [7, 11) is 0. The fourth-order valence-electron chi connectivity index (χ4n) is 2.29. The molecule has 5 nitrogen and oxygen atoms in total. The van der Waals surface area contributed by atoms with Crippen molar-refractivity contribution in [3.05, 3.63) is 0 Å². The number of hydrogen-bond acceptors (Lipinski definition) is 3. The van der Waals surface area contributed by atoms with Gasteiger partial charge in [0.2, 0.25) is 5.91 Å². The number of hydrogen-bond donors (Lipinski definition) is 3. The van der Waals surface area contributed by atoms with Crippen molar-refractivity contribution < 1.29 is 14.7 Å². The Morgan fingerprint density at radius 1 is 1.35 bits per heavy atom. The Labute approximate surface area is 102 Å². The van der Waals surface area contributed by atoms with Gasteiger partial charge in [-0.3, -0.25) is 4.79 Å². The highest BCUT2D eigenvalue weighted by atomic mass is 16.4. The van der Waals surface area contributed by atoms with Gasteiger partial charge >= 0.3 is 5.97 Å². The molecule has 0 aromatic rings. The first-order valence-electron chi connectivity index (χ1n) is 6.35. The van der Waals surface area contributed by atoms with Gasteiger partial charge in [0.1, 0.15) is 6.04 Å². The zero-order chi connectivity index (χ0) is 12.8. The number of carboxylic acid groups (broad SMARTS) is 1. The lowest BCUT2D eigenvalue weighted by Gasteiger charge is -2.28. The van der Waals surface area contributed by atoms with E-state index in [1.54, 1.807) is 6.92 Å². The largest absolute Gasteiger partial charge is 0.480 e. The van der Waals surface area contributed by atoms with Crippen LogP contribution in [0.1, 0.15) is 45.4 Å². The molecule has 0 aromatic carbocycles. The second-order valence-electron chi connectivity index (χ2n) is 4.74. The Kier molecular flexibility index (Phi) is 5.41. The van der Waals surface area contributed by atoms with E-state index in [4.69, 9.17) is 5.73 Å². The molecular formula is C12H22N2O3. The molecule has 4 N–H and O–H groups in total. The van der Waals surface area contributed by atoms with Crippen LogP contribution in [0.3, 0.4) is 0 Å². The van der Waals surface area contributed by atoms with Gasteiger partial charge in [-0.15, -0.1) is 0 Å². The standard InChI is InChI=1S/C12H22N2O3/c1-2-9(13)11(15)14-10(12(16)17)8-6-4-3-5-7-8/h8-10H,2-7,13H2,1H3,(H,14,15)(H,16,17). The van der Waals surface area contributed by atoms with Crippen LogP contribution < -0.4 is 11.1 Å². The number of nitrogens with two attached hydrogens (primary N) is 1. The second kappa shape index (κ2) is 6.59. The van der Waals surface area contributed by atoms with Crippen molar-refractivity contribution in [1.82, 2.24) is 5.32 Å². The van der Waals surface area contributed by atoms with E-state index in [1.807, 2.05) is 0 Å². The zero-order valence-corrected chi connectivity index (χ0v) is 10.3. The van der Waals surface area contributed by atoms with Gasteiger partial charge in [-0.1, -0.05) is 26.2 Å². The van der Waals surface area contributed by atoms with Crippen LogP contribution in [0.2, 0.25) is 0 Å². The summed E-state index contributed by atoms with van der Waals surface area (Å²) in [4.78, 5) is 22.8. The predicted octanol–water partition coefficient (Wildman–Crippen LogP) is 0.873. The molecule has 1 saturated carbocycles. The molecule has 1 amide bonds. The maximum Gasteiger partial charge on any atom is 0.326 e. The molecular weight excluding hydrogens is 220 g/mol. The monoisotopic (exact) mass is 242 g/mol. The molecule has 0 aromatic heterocycles. The Morgan fingerprint density at radius 2 is 1.94 bits per heavy atom. The third-order valence-corrected chi connectivity index (χ3v) is 3.46. The summed E-state index contributed by atoms with van der Waals surface area (Å²) in [5.74, 6) is -1.26. The molecule has 0 spiro atoms. The molecule has 1 aliphatic rings. The Bertz CT molecular complexity index is 275. The van der Waals surface area contributed by atoms with Crippen LogP contribution >= 0.6 is 0 Å². The number of aliphatic carboxylic acids is 1. The lowest BCUT2D eigenvalue weighted by atomic mass is 9.84. The first kappa shape index (κ1) is 14.0. The SMILES string of the molecule is CCC(N)C(=O)NC(C(=O)O)C1CCCCC1. The maximum atomic E-state index is 11.6. The van der Waals surface area contributed by atoms with Crippen molar-refractivity contribution in [3.63, 3.8) is 0 Å². The summed E-state index contributed by atoms with van der Waals surface area (Å²) < 4.78 is 0.